The molecule has 0 atom stereocenters. The maximum absolute atomic E-state index is 12.9. The van der Waals surface area contributed by atoms with Gasteiger partial charge in [-0.2, -0.15) is 0 Å². The summed E-state index contributed by atoms with van der Waals surface area (Å²) in [5.41, 5.74) is 0.987. The highest BCUT2D eigenvalue weighted by Crippen LogP contribution is 2.22. The molecule has 0 aliphatic carbocycles. The molecule has 0 aliphatic rings. The van der Waals surface area contributed by atoms with Crippen molar-refractivity contribution in [1.29, 1.82) is 0 Å². The Morgan fingerprint density at radius 2 is 2.15 bits per heavy atom. The summed E-state index contributed by atoms with van der Waals surface area (Å²) in [7, 11) is 0. The number of aromatic nitrogens is 1. The lowest BCUT2D eigenvalue weighted by Gasteiger charge is -1.92. The van der Waals surface area contributed by atoms with E-state index in [-0.39, 0.29) is 5.02 Å². The largest absolute Gasteiger partial charge is 0.352 e. The van der Waals surface area contributed by atoms with E-state index in [1.807, 2.05) is 0 Å². The van der Waals surface area contributed by atoms with Gasteiger partial charge in [-0.1, -0.05) is 11.6 Å². The minimum Gasteiger partial charge on any atom is -0.352 e. The first kappa shape index (κ1) is 8.26. The molecule has 1 heterocycles. The topological polar surface area (TPSA) is 32.9 Å². The molecule has 1 aromatic heterocycles. The molecule has 0 bridgehead atoms. The van der Waals surface area contributed by atoms with Crippen molar-refractivity contribution in [2.24, 2.45) is 0 Å². The van der Waals surface area contributed by atoms with Crippen LogP contribution in [0.1, 0.15) is 10.5 Å². The molecule has 2 rings (SSSR count). The van der Waals surface area contributed by atoms with Crippen molar-refractivity contribution >= 4 is 28.8 Å². The van der Waals surface area contributed by atoms with Gasteiger partial charge in [-0.15, -0.1) is 0 Å². The average molecular weight is 198 g/mol. The van der Waals surface area contributed by atoms with E-state index in [9.17, 15) is 9.18 Å². The summed E-state index contributed by atoms with van der Waals surface area (Å²) in [6.45, 7) is 0. The molecule has 2 aromatic rings. The highest BCUT2D eigenvalue weighted by Gasteiger charge is 2.04. The van der Waals surface area contributed by atoms with E-state index in [1.165, 1.54) is 12.1 Å². The van der Waals surface area contributed by atoms with Crippen LogP contribution in [-0.2, 0) is 0 Å². The lowest BCUT2D eigenvalue weighted by molar-refractivity contribution is 0.112. The summed E-state index contributed by atoms with van der Waals surface area (Å²) in [4.78, 5) is 13.1. The van der Waals surface area contributed by atoms with Crippen molar-refractivity contribution in [3.05, 3.63) is 34.7 Å². The molecule has 0 aliphatic heterocycles. The zero-order chi connectivity index (χ0) is 9.42. The Morgan fingerprint density at radius 3 is 2.85 bits per heavy atom. The number of H-pyrrole nitrogens is 1. The molecule has 0 amide bonds. The Balaban J connectivity index is 2.77. The summed E-state index contributed by atoms with van der Waals surface area (Å²) < 4.78 is 12.9. The second-order valence-corrected chi connectivity index (χ2v) is 3.10. The van der Waals surface area contributed by atoms with Crippen LogP contribution in [-0.4, -0.2) is 11.3 Å². The molecule has 0 saturated carbocycles. The predicted octanol–water partition coefficient (Wildman–Crippen LogP) is 2.77. The standard InChI is InChI=1S/C9H5ClFNO/c10-7-2-5-1-6(4-13)12-9(5)3-8(7)11/h1-4,12H. The number of hydrogen-bond acceptors (Lipinski definition) is 1. The highest BCUT2D eigenvalue weighted by atomic mass is 35.5. The van der Waals surface area contributed by atoms with Gasteiger partial charge in [0.05, 0.1) is 10.7 Å². The highest BCUT2D eigenvalue weighted by molar-refractivity contribution is 6.31. The van der Waals surface area contributed by atoms with E-state index >= 15 is 0 Å². The van der Waals surface area contributed by atoms with Crippen LogP contribution in [0, 0.1) is 5.82 Å². The van der Waals surface area contributed by atoms with Gasteiger partial charge in [-0.3, -0.25) is 4.79 Å². The van der Waals surface area contributed by atoms with E-state index in [0.717, 1.165) is 5.39 Å². The fourth-order valence-electron chi connectivity index (χ4n) is 1.21. The number of aromatic amines is 1. The first-order valence-electron chi connectivity index (χ1n) is 3.63. The van der Waals surface area contributed by atoms with Crippen molar-refractivity contribution < 1.29 is 9.18 Å². The summed E-state index contributed by atoms with van der Waals surface area (Å²) in [6.07, 6.45) is 0.672. The van der Waals surface area contributed by atoms with E-state index in [4.69, 9.17) is 11.6 Å². The zero-order valence-electron chi connectivity index (χ0n) is 6.47. The molecule has 0 unspecified atom stereocenters. The van der Waals surface area contributed by atoms with Crippen LogP contribution in [0.5, 0.6) is 0 Å². The summed E-state index contributed by atoms with van der Waals surface area (Å²) in [5.74, 6) is -0.492. The van der Waals surface area contributed by atoms with Crippen molar-refractivity contribution in [2.45, 2.75) is 0 Å². The molecule has 66 valence electrons. The molecule has 2 nitrogen and oxygen atoms in total. The molecule has 0 fully saturated rings. The lowest BCUT2D eigenvalue weighted by Crippen LogP contribution is -1.77. The zero-order valence-corrected chi connectivity index (χ0v) is 7.23. The second kappa shape index (κ2) is 2.85. The molecule has 1 N–H and O–H groups in total. The van der Waals surface area contributed by atoms with Crippen molar-refractivity contribution in [2.75, 3.05) is 0 Å². The van der Waals surface area contributed by atoms with E-state index in [1.54, 1.807) is 6.07 Å². The summed E-state index contributed by atoms with van der Waals surface area (Å²) in [6, 6.07) is 4.37. The number of carbonyl (C=O) groups is 1. The molecular formula is C9H5ClFNO. The number of aldehydes is 1. The summed E-state index contributed by atoms with van der Waals surface area (Å²) in [5, 5.41) is 0.789. The molecule has 13 heavy (non-hydrogen) atoms. The van der Waals surface area contributed by atoms with Crippen molar-refractivity contribution in [3.8, 4) is 0 Å². The third-order valence-corrected chi connectivity index (χ3v) is 2.10. The molecule has 0 spiro atoms. The number of carbonyl (C=O) groups excluding carboxylic acids is 1. The minimum absolute atomic E-state index is 0.0592. The van der Waals surface area contributed by atoms with Crippen LogP contribution < -0.4 is 0 Å². The Morgan fingerprint density at radius 1 is 1.38 bits per heavy atom. The van der Waals surface area contributed by atoms with E-state index in [0.29, 0.717) is 17.5 Å². The van der Waals surface area contributed by atoms with Gasteiger partial charge in [0.15, 0.2) is 6.29 Å². The van der Waals surface area contributed by atoms with Crippen molar-refractivity contribution in [3.63, 3.8) is 0 Å². The van der Waals surface area contributed by atoms with Gasteiger partial charge in [0.1, 0.15) is 5.82 Å². The second-order valence-electron chi connectivity index (χ2n) is 2.70. The lowest BCUT2D eigenvalue weighted by atomic mass is 10.2. The Kier molecular flexibility index (Phi) is 1.81. The van der Waals surface area contributed by atoms with Gasteiger partial charge in [-0.25, -0.2) is 4.39 Å². The Bertz CT molecular complexity index is 439. The first-order valence-corrected chi connectivity index (χ1v) is 4.01. The smallest absolute Gasteiger partial charge is 0.166 e. The van der Waals surface area contributed by atoms with Crippen LogP contribution in [0.2, 0.25) is 5.02 Å². The van der Waals surface area contributed by atoms with Gasteiger partial charge < -0.3 is 4.98 Å². The quantitative estimate of drug-likeness (QED) is 0.701. The Labute approximate surface area is 78.3 Å². The van der Waals surface area contributed by atoms with Crippen LogP contribution >= 0.6 is 11.6 Å². The number of hydrogen-bond donors (Lipinski definition) is 1. The molecule has 1 aromatic carbocycles. The van der Waals surface area contributed by atoms with E-state index in [2.05, 4.69) is 4.98 Å². The number of halogens is 2. The molecule has 4 heteroatoms. The maximum atomic E-state index is 12.9. The monoisotopic (exact) mass is 197 g/mol. The van der Waals surface area contributed by atoms with Gasteiger partial charge in [0, 0.05) is 10.9 Å². The van der Waals surface area contributed by atoms with Crippen LogP contribution in [0.25, 0.3) is 10.9 Å². The normalized spacial score (nSPS) is 10.6. The third kappa shape index (κ3) is 1.31. The molecule has 0 radical (unpaired) electrons. The number of fused-ring (bicyclic) bond motifs is 1. The van der Waals surface area contributed by atoms with Gasteiger partial charge in [0.25, 0.3) is 0 Å². The molecular weight excluding hydrogens is 193 g/mol. The van der Waals surface area contributed by atoms with E-state index < -0.39 is 5.82 Å². The average Bonchev–Trinajstić information content (AvgIpc) is 2.48. The third-order valence-electron chi connectivity index (χ3n) is 1.81. The predicted molar refractivity (Wildman–Crippen MR) is 48.7 cm³/mol. The Hall–Kier alpha value is -1.35. The van der Waals surface area contributed by atoms with Crippen LogP contribution in [0.15, 0.2) is 18.2 Å². The van der Waals surface area contributed by atoms with Crippen molar-refractivity contribution in [1.82, 2.24) is 4.98 Å². The van der Waals surface area contributed by atoms with Gasteiger partial charge in [-0.05, 0) is 18.2 Å². The number of benzene rings is 1. The molecule has 0 saturated heterocycles. The fraction of sp³-hybridized carbons (Fsp3) is 0. The van der Waals surface area contributed by atoms with Gasteiger partial charge >= 0.3 is 0 Å². The SMILES string of the molecule is O=Cc1cc2cc(Cl)c(F)cc2[nH]1. The fourth-order valence-corrected chi connectivity index (χ4v) is 1.38. The maximum Gasteiger partial charge on any atom is 0.166 e. The van der Waals surface area contributed by atoms with Gasteiger partial charge in [0.2, 0.25) is 0 Å². The number of rotatable bonds is 1. The minimum atomic E-state index is -0.492. The first-order chi connectivity index (χ1) is 6.20. The van der Waals surface area contributed by atoms with Crippen LogP contribution in [0.4, 0.5) is 4.39 Å². The summed E-state index contributed by atoms with van der Waals surface area (Å²) >= 11 is 5.56. The van der Waals surface area contributed by atoms with Crippen LogP contribution in [0.3, 0.4) is 0 Å². The number of nitrogens with one attached hydrogen (secondary N) is 1.